The predicted molar refractivity (Wildman–Crippen MR) is 187 cm³/mol. The van der Waals surface area contributed by atoms with E-state index in [1.165, 1.54) is 40.7 Å². The number of nitrogens with zero attached hydrogens (tertiary/aromatic N) is 5. The Morgan fingerprint density at radius 2 is 1.71 bits per heavy atom. The summed E-state index contributed by atoms with van der Waals surface area (Å²) in [6, 6.07) is 11.1. The Labute approximate surface area is 317 Å². The molecular formula is C36H29BrF6N6O5S. The van der Waals surface area contributed by atoms with Gasteiger partial charge in [0.15, 0.2) is 0 Å². The van der Waals surface area contributed by atoms with Gasteiger partial charge in [0.1, 0.15) is 35.4 Å². The summed E-state index contributed by atoms with van der Waals surface area (Å²) in [4.78, 5) is 32.7. The smallest absolute Gasteiger partial charge is 0.293 e. The summed E-state index contributed by atoms with van der Waals surface area (Å²) >= 11 is 3.35. The summed E-state index contributed by atoms with van der Waals surface area (Å²) in [6.07, 6.45) is -3.55. The van der Waals surface area contributed by atoms with Gasteiger partial charge in [-0.25, -0.2) is 31.0 Å². The molecule has 0 radical (unpaired) electrons. The lowest BCUT2D eigenvalue weighted by Crippen LogP contribution is -2.40. The van der Waals surface area contributed by atoms with Crippen LogP contribution in [0.4, 0.5) is 26.3 Å². The second-order valence-electron chi connectivity index (χ2n) is 13.6. The van der Waals surface area contributed by atoms with Crippen LogP contribution >= 0.6 is 15.9 Å². The van der Waals surface area contributed by atoms with Crippen LogP contribution in [0.5, 0.6) is 0 Å². The molecule has 1 N–H and O–H groups in total. The number of carbonyl (C=O) groups excluding carboxylic acids is 1. The van der Waals surface area contributed by atoms with Crippen molar-refractivity contribution >= 4 is 42.8 Å². The summed E-state index contributed by atoms with van der Waals surface area (Å²) in [5, 5.41) is 6.45. The quantitative estimate of drug-likeness (QED) is 0.174. The van der Waals surface area contributed by atoms with E-state index in [9.17, 15) is 35.6 Å². The van der Waals surface area contributed by atoms with Crippen molar-refractivity contribution in [3.63, 3.8) is 0 Å². The van der Waals surface area contributed by atoms with Crippen LogP contribution in [0, 0.1) is 17.6 Å². The van der Waals surface area contributed by atoms with Crippen molar-refractivity contribution in [1.82, 2.24) is 29.0 Å². The SMILES string of the molecule is O=C(Cn1nc(C(F)F)c2c1C(F)(F)[C@H]1C[C@@H]21)NC(Cc1cc(F)cc(F)c1)c1nc2cc(Br)ccc2c(=O)n1-c1ccc(S(=O)(=O)N2CCOCC2)cc1. The molecule has 1 amide bonds. The number of nitrogens with one attached hydrogen (secondary N) is 1. The summed E-state index contributed by atoms with van der Waals surface area (Å²) in [5.74, 6) is -8.56. The van der Waals surface area contributed by atoms with E-state index < -0.39 is 87.7 Å². The predicted octanol–water partition coefficient (Wildman–Crippen LogP) is 5.89. The first kappa shape index (κ1) is 37.3. The second kappa shape index (κ2) is 13.9. The average molecular weight is 852 g/mol. The van der Waals surface area contributed by atoms with E-state index in [0.717, 1.165) is 16.7 Å². The first-order valence-corrected chi connectivity index (χ1v) is 19.3. The zero-order valence-corrected chi connectivity index (χ0v) is 30.8. The van der Waals surface area contributed by atoms with Crippen LogP contribution in [0.3, 0.4) is 0 Å². The minimum absolute atomic E-state index is 0.0106. The number of hydrogen-bond donors (Lipinski definition) is 1. The largest absolute Gasteiger partial charge is 0.379 e. The topological polar surface area (TPSA) is 128 Å². The molecule has 55 heavy (non-hydrogen) atoms. The van der Waals surface area contributed by atoms with Crippen LogP contribution in [0.1, 0.15) is 53.1 Å². The number of rotatable bonds is 10. The lowest BCUT2D eigenvalue weighted by atomic mass is 10.0. The number of benzene rings is 3. The second-order valence-corrected chi connectivity index (χ2v) is 16.4. The van der Waals surface area contributed by atoms with E-state index in [1.54, 1.807) is 6.07 Å². The van der Waals surface area contributed by atoms with Crippen LogP contribution in [0.25, 0.3) is 16.6 Å². The maximum Gasteiger partial charge on any atom is 0.293 e. The van der Waals surface area contributed by atoms with Crippen molar-refractivity contribution in [2.24, 2.45) is 5.92 Å². The third kappa shape index (κ3) is 6.74. The molecule has 0 bridgehead atoms. The molecule has 19 heteroatoms. The fraction of sp³-hybridized carbons (Fsp3) is 0.333. The van der Waals surface area contributed by atoms with E-state index in [2.05, 4.69) is 26.3 Å². The highest BCUT2D eigenvalue weighted by atomic mass is 79.9. The third-order valence-electron chi connectivity index (χ3n) is 10.0. The van der Waals surface area contributed by atoms with Gasteiger partial charge in [0, 0.05) is 41.5 Å². The number of aromatic nitrogens is 4. The number of hydrogen-bond acceptors (Lipinski definition) is 7. The van der Waals surface area contributed by atoms with Crippen molar-refractivity contribution in [3.05, 3.63) is 115 Å². The van der Waals surface area contributed by atoms with Crippen LogP contribution in [0.15, 0.2) is 74.8 Å². The summed E-state index contributed by atoms with van der Waals surface area (Å²) < 4.78 is 123. The van der Waals surface area contributed by atoms with Crippen molar-refractivity contribution < 1.29 is 44.3 Å². The number of carbonyl (C=O) groups is 1. The van der Waals surface area contributed by atoms with Gasteiger partial charge >= 0.3 is 0 Å². The first-order valence-electron chi connectivity index (χ1n) is 17.1. The van der Waals surface area contributed by atoms with Crippen molar-refractivity contribution in [2.45, 2.75) is 48.6 Å². The zero-order valence-electron chi connectivity index (χ0n) is 28.4. The van der Waals surface area contributed by atoms with Gasteiger partial charge in [-0.05, 0) is 72.5 Å². The van der Waals surface area contributed by atoms with E-state index >= 15 is 8.78 Å². The molecule has 11 nitrogen and oxygen atoms in total. The third-order valence-corrected chi connectivity index (χ3v) is 12.4. The molecule has 3 aliphatic rings. The van der Waals surface area contributed by atoms with Gasteiger partial charge in [-0.3, -0.25) is 18.8 Å². The monoisotopic (exact) mass is 850 g/mol. The maximum atomic E-state index is 15.3. The lowest BCUT2D eigenvalue weighted by Gasteiger charge is -2.26. The molecule has 3 aromatic carbocycles. The fourth-order valence-electron chi connectivity index (χ4n) is 7.49. The standard InChI is InChI=1S/C36H29BrF6N6O5S/c37-19-1-6-24-27(14-19)45-34(49(35(24)51)22-2-4-23(5-3-22)55(52,53)47-7-9-54-10-8-47)28(13-18-11-20(38)15-21(39)12-18)44-29(50)17-48-32-30(31(46-48)33(40)41)25-16-26(25)36(32,42)43/h1-6,11-12,14-15,25-26,28,33H,7-10,13,16-17H2,(H,44,50)/t25-,26+,28?/m1/s1. The Balaban J connectivity index is 1.23. The normalized spacial score (nSPS) is 19.7. The molecular weight excluding hydrogens is 822 g/mol. The Bertz CT molecular complexity index is 2510. The number of halogens is 7. The molecule has 1 unspecified atom stereocenters. The Morgan fingerprint density at radius 3 is 2.38 bits per heavy atom. The molecule has 3 atom stereocenters. The number of fused-ring (bicyclic) bond motifs is 4. The van der Waals surface area contributed by atoms with Gasteiger partial charge in [0.25, 0.3) is 17.9 Å². The number of amides is 1. The van der Waals surface area contributed by atoms with Crippen molar-refractivity contribution in [2.75, 3.05) is 26.3 Å². The molecule has 288 valence electrons. The number of sulfonamides is 1. The van der Waals surface area contributed by atoms with Crippen LogP contribution in [-0.4, -0.2) is 64.3 Å². The van der Waals surface area contributed by atoms with Gasteiger partial charge in [-0.2, -0.15) is 18.2 Å². The van der Waals surface area contributed by atoms with Gasteiger partial charge in [0.05, 0.1) is 40.7 Å². The Morgan fingerprint density at radius 1 is 1.02 bits per heavy atom. The molecule has 3 heterocycles. The van der Waals surface area contributed by atoms with Gasteiger partial charge in [0.2, 0.25) is 15.9 Å². The Kier molecular flexibility index (Phi) is 9.41. The molecule has 1 saturated carbocycles. The molecule has 0 spiro atoms. The Hall–Kier alpha value is -4.59. The van der Waals surface area contributed by atoms with Crippen LogP contribution in [0.2, 0.25) is 0 Å². The van der Waals surface area contributed by atoms with E-state index in [0.29, 0.717) is 15.2 Å². The maximum absolute atomic E-state index is 15.3. The average Bonchev–Trinajstić information content (AvgIpc) is 3.79. The van der Waals surface area contributed by atoms with E-state index in [-0.39, 0.29) is 71.2 Å². The molecule has 2 aromatic heterocycles. The summed E-state index contributed by atoms with van der Waals surface area (Å²) in [6.45, 7) is -0.212. The molecule has 8 rings (SSSR count). The van der Waals surface area contributed by atoms with Gasteiger partial charge < -0.3 is 10.1 Å². The minimum Gasteiger partial charge on any atom is -0.379 e. The molecule has 1 saturated heterocycles. The highest BCUT2D eigenvalue weighted by molar-refractivity contribution is 9.10. The van der Waals surface area contributed by atoms with Crippen LogP contribution < -0.4 is 10.9 Å². The lowest BCUT2D eigenvalue weighted by molar-refractivity contribution is -0.123. The van der Waals surface area contributed by atoms with Gasteiger partial charge in [-0.1, -0.05) is 15.9 Å². The highest BCUT2D eigenvalue weighted by Gasteiger charge is 2.67. The number of alkyl halides is 4. The van der Waals surface area contributed by atoms with E-state index in [1.807, 2.05) is 0 Å². The van der Waals surface area contributed by atoms with Gasteiger partial charge in [-0.15, -0.1) is 0 Å². The van der Waals surface area contributed by atoms with Crippen molar-refractivity contribution in [3.8, 4) is 5.69 Å². The van der Waals surface area contributed by atoms with Crippen molar-refractivity contribution in [1.29, 1.82) is 0 Å². The summed E-state index contributed by atoms with van der Waals surface area (Å²) in [5.41, 5.74) is -2.25. The van der Waals surface area contributed by atoms with Crippen LogP contribution in [-0.2, 0) is 38.4 Å². The number of ether oxygens (including phenoxy) is 1. The molecule has 2 fully saturated rings. The first-order chi connectivity index (χ1) is 26.1. The zero-order chi connectivity index (χ0) is 39.0. The molecule has 2 aliphatic carbocycles. The summed E-state index contributed by atoms with van der Waals surface area (Å²) in [7, 11) is -3.94. The molecule has 1 aliphatic heterocycles. The van der Waals surface area contributed by atoms with E-state index in [4.69, 9.17) is 9.72 Å². The number of morpholine rings is 1. The molecule has 5 aromatic rings. The minimum atomic E-state index is -3.94. The fourth-order valence-corrected chi connectivity index (χ4v) is 9.24. The highest BCUT2D eigenvalue weighted by Crippen LogP contribution is 2.68.